The van der Waals surface area contributed by atoms with Crippen LogP contribution < -0.4 is 11.1 Å². The van der Waals surface area contributed by atoms with E-state index in [4.69, 9.17) is 15.2 Å². The summed E-state index contributed by atoms with van der Waals surface area (Å²) in [5, 5.41) is 2.92. The van der Waals surface area contributed by atoms with Gasteiger partial charge in [-0.2, -0.15) is 0 Å². The summed E-state index contributed by atoms with van der Waals surface area (Å²) in [4.78, 5) is 13.5. The number of nitrogens with one attached hydrogen (secondary N) is 1. The molecule has 94 valence electrons. The normalized spacial score (nSPS) is 19.8. The molecule has 1 atom stereocenters. The molecule has 6 heteroatoms. The van der Waals surface area contributed by atoms with Crippen molar-refractivity contribution in [1.82, 2.24) is 10.2 Å². The van der Waals surface area contributed by atoms with E-state index in [1.165, 1.54) is 0 Å². The van der Waals surface area contributed by atoms with Gasteiger partial charge in [-0.25, -0.2) is 4.79 Å². The minimum absolute atomic E-state index is 0.0852. The highest BCUT2D eigenvalue weighted by atomic mass is 16.5. The predicted octanol–water partition coefficient (Wildman–Crippen LogP) is -0.608. The zero-order chi connectivity index (χ0) is 11.8. The van der Waals surface area contributed by atoms with Gasteiger partial charge in [-0.1, -0.05) is 0 Å². The van der Waals surface area contributed by atoms with Crippen LogP contribution in [0.3, 0.4) is 0 Å². The standard InChI is InChI=1S/C10H21N3O3/c1-15-7-5-13(4-3-11)10(14)12-9-2-6-16-8-9/h9H,2-8,11H2,1H3,(H,12,14). The second-order valence-electron chi connectivity index (χ2n) is 3.78. The highest BCUT2D eigenvalue weighted by Gasteiger charge is 2.20. The zero-order valence-electron chi connectivity index (χ0n) is 9.78. The van der Waals surface area contributed by atoms with Crippen molar-refractivity contribution in [1.29, 1.82) is 0 Å². The molecule has 0 bridgehead atoms. The summed E-state index contributed by atoms with van der Waals surface area (Å²) in [7, 11) is 1.61. The molecule has 0 radical (unpaired) electrons. The van der Waals surface area contributed by atoms with Crippen LogP contribution in [0.1, 0.15) is 6.42 Å². The Bertz CT molecular complexity index is 207. The average molecular weight is 231 g/mol. The average Bonchev–Trinajstić information content (AvgIpc) is 2.76. The van der Waals surface area contributed by atoms with E-state index in [1.54, 1.807) is 12.0 Å². The van der Waals surface area contributed by atoms with E-state index in [2.05, 4.69) is 5.32 Å². The van der Waals surface area contributed by atoms with Crippen LogP contribution in [0, 0.1) is 0 Å². The van der Waals surface area contributed by atoms with Gasteiger partial charge in [0.15, 0.2) is 0 Å². The third-order valence-corrected chi connectivity index (χ3v) is 2.51. The maximum absolute atomic E-state index is 11.8. The van der Waals surface area contributed by atoms with Gasteiger partial charge < -0.3 is 25.4 Å². The molecule has 0 aromatic heterocycles. The molecular formula is C10H21N3O3. The SMILES string of the molecule is COCCN(CCN)C(=O)NC1CCOC1. The molecule has 0 aromatic rings. The lowest BCUT2D eigenvalue weighted by Crippen LogP contribution is -2.47. The molecule has 0 aliphatic carbocycles. The van der Waals surface area contributed by atoms with Crippen LogP contribution in [-0.4, -0.2) is 63.5 Å². The second-order valence-corrected chi connectivity index (χ2v) is 3.78. The van der Waals surface area contributed by atoms with Crippen molar-refractivity contribution in [3.05, 3.63) is 0 Å². The zero-order valence-corrected chi connectivity index (χ0v) is 9.78. The number of nitrogens with zero attached hydrogens (tertiary/aromatic N) is 1. The van der Waals surface area contributed by atoms with Crippen molar-refractivity contribution in [3.8, 4) is 0 Å². The van der Waals surface area contributed by atoms with Crippen molar-refractivity contribution < 1.29 is 14.3 Å². The number of methoxy groups -OCH3 is 1. The molecule has 1 fully saturated rings. The van der Waals surface area contributed by atoms with E-state index in [-0.39, 0.29) is 12.1 Å². The highest BCUT2D eigenvalue weighted by molar-refractivity contribution is 5.74. The number of hydrogen-bond acceptors (Lipinski definition) is 4. The fourth-order valence-corrected chi connectivity index (χ4v) is 1.59. The Kier molecular flexibility index (Phi) is 6.14. The number of amides is 2. The molecule has 1 aliphatic rings. The maximum atomic E-state index is 11.8. The van der Waals surface area contributed by atoms with Gasteiger partial charge in [-0.05, 0) is 6.42 Å². The molecule has 0 spiro atoms. The predicted molar refractivity (Wildman–Crippen MR) is 60.3 cm³/mol. The summed E-state index contributed by atoms with van der Waals surface area (Å²) in [6.07, 6.45) is 0.881. The number of rotatable bonds is 6. The first-order valence-corrected chi connectivity index (χ1v) is 5.60. The summed E-state index contributed by atoms with van der Waals surface area (Å²) in [5.74, 6) is 0. The minimum atomic E-state index is -0.0852. The van der Waals surface area contributed by atoms with Crippen molar-refractivity contribution in [2.45, 2.75) is 12.5 Å². The molecular weight excluding hydrogens is 210 g/mol. The van der Waals surface area contributed by atoms with Gasteiger partial charge in [-0.3, -0.25) is 0 Å². The smallest absolute Gasteiger partial charge is 0.317 e. The Morgan fingerprint density at radius 1 is 1.62 bits per heavy atom. The fraction of sp³-hybridized carbons (Fsp3) is 0.900. The van der Waals surface area contributed by atoms with Gasteiger partial charge in [0.1, 0.15) is 0 Å². The van der Waals surface area contributed by atoms with E-state index in [1.807, 2.05) is 0 Å². The number of carbonyl (C=O) groups excluding carboxylic acids is 1. The van der Waals surface area contributed by atoms with Gasteiger partial charge >= 0.3 is 6.03 Å². The largest absolute Gasteiger partial charge is 0.383 e. The number of nitrogens with two attached hydrogens (primary N) is 1. The molecule has 1 rings (SSSR count). The molecule has 6 nitrogen and oxygen atoms in total. The molecule has 1 unspecified atom stereocenters. The Hall–Kier alpha value is -0.850. The van der Waals surface area contributed by atoms with Crippen LogP contribution in [0.15, 0.2) is 0 Å². The van der Waals surface area contributed by atoms with E-state index >= 15 is 0 Å². The van der Waals surface area contributed by atoms with Gasteiger partial charge in [0, 0.05) is 33.4 Å². The Morgan fingerprint density at radius 2 is 2.44 bits per heavy atom. The van der Waals surface area contributed by atoms with Crippen LogP contribution in [0.25, 0.3) is 0 Å². The Morgan fingerprint density at radius 3 is 3.00 bits per heavy atom. The van der Waals surface area contributed by atoms with Gasteiger partial charge in [-0.15, -0.1) is 0 Å². The molecule has 0 saturated carbocycles. The summed E-state index contributed by atoms with van der Waals surface area (Å²) in [6, 6.07) is 0.0494. The van der Waals surface area contributed by atoms with Crippen LogP contribution in [0.4, 0.5) is 4.79 Å². The fourth-order valence-electron chi connectivity index (χ4n) is 1.59. The Labute approximate surface area is 96.1 Å². The van der Waals surface area contributed by atoms with Crippen molar-refractivity contribution in [2.24, 2.45) is 5.73 Å². The summed E-state index contributed by atoms with van der Waals surface area (Å²) in [6.45, 7) is 3.41. The maximum Gasteiger partial charge on any atom is 0.317 e. The second kappa shape index (κ2) is 7.43. The van der Waals surface area contributed by atoms with Gasteiger partial charge in [0.05, 0.1) is 19.3 Å². The molecule has 1 saturated heterocycles. The molecule has 0 aromatic carbocycles. The van der Waals surface area contributed by atoms with Crippen molar-refractivity contribution in [2.75, 3.05) is 46.6 Å². The monoisotopic (exact) mass is 231 g/mol. The van der Waals surface area contributed by atoms with Gasteiger partial charge in [0.25, 0.3) is 0 Å². The van der Waals surface area contributed by atoms with E-state index in [0.29, 0.717) is 32.8 Å². The van der Waals surface area contributed by atoms with Crippen molar-refractivity contribution >= 4 is 6.03 Å². The van der Waals surface area contributed by atoms with E-state index < -0.39 is 0 Å². The highest BCUT2D eigenvalue weighted by Crippen LogP contribution is 2.04. The molecule has 16 heavy (non-hydrogen) atoms. The minimum Gasteiger partial charge on any atom is -0.383 e. The van der Waals surface area contributed by atoms with Crippen LogP contribution in [-0.2, 0) is 9.47 Å². The summed E-state index contributed by atoms with van der Waals surface area (Å²) < 4.78 is 10.1. The summed E-state index contributed by atoms with van der Waals surface area (Å²) >= 11 is 0. The first kappa shape index (κ1) is 13.2. The van der Waals surface area contributed by atoms with Crippen LogP contribution in [0.2, 0.25) is 0 Å². The number of carbonyl (C=O) groups is 1. The van der Waals surface area contributed by atoms with Gasteiger partial charge in [0.2, 0.25) is 0 Å². The lowest BCUT2D eigenvalue weighted by atomic mass is 10.3. The van der Waals surface area contributed by atoms with E-state index in [9.17, 15) is 4.79 Å². The molecule has 3 N–H and O–H groups in total. The quantitative estimate of drug-likeness (QED) is 0.639. The topological polar surface area (TPSA) is 76.8 Å². The number of urea groups is 1. The van der Waals surface area contributed by atoms with Crippen LogP contribution in [0.5, 0.6) is 0 Å². The first-order chi connectivity index (χ1) is 7.77. The Balaban J connectivity index is 2.32. The number of hydrogen-bond donors (Lipinski definition) is 2. The van der Waals surface area contributed by atoms with E-state index in [0.717, 1.165) is 13.0 Å². The van der Waals surface area contributed by atoms with Crippen LogP contribution >= 0.6 is 0 Å². The lowest BCUT2D eigenvalue weighted by molar-refractivity contribution is 0.146. The third-order valence-electron chi connectivity index (χ3n) is 2.51. The van der Waals surface area contributed by atoms with Crippen molar-refractivity contribution in [3.63, 3.8) is 0 Å². The lowest BCUT2D eigenvalue weighted by Gasteiger charge is -2.23. The molecule has 2 amide bonds. The number of ether oxygens (including phenoxy) is 2. The third kappa shape index (κ3) is 4.34. The first-order valence-electron chi connectivity index (χ1n) is 5.60. The molecule has 1 heterocycles. The summed E-state index contributed by atoms with van der Waals surface area (Å²) in [5.41, 5.74) is 5.46. The molecule has 1 aliphatic heterocycles.